The predicted molar refractivity (Wildman–Crippen MR) is 143 cm³/mol. The summed E-state index contributed by atoms with van der Waals surface area (Å²) in [6.07, 6.45) is -4.36. The van der Waals surface area contributed by atoms with Gasteiger partial charge in [-0.1, -0.05) is 26.0 Å². The van der Waals surface area contributed by atoms with Crippen LogP contribution in [0, 0.1) is 25.3 Å². The van der Waals surface area contributed by atoms with Crippen molar-refractivity contribution in [3.8, 4) is 11.1 Å². The van der Waals surface area contributed by atoms with Crippen LogP contribution in [-0.4, -0.2) is 18.3 Å². The number of hydrazone groups is 1. The summed E-state index contributed by atoms with van der Waals surface area (Å²) in [6, 6.07) is 13.1. The molecule has 1 unspecified atom stereocenters. The highest BCUT2D eigenvalue weighted by Crippen LogP contribution is 2.45. The molecule has 0 aliphatic rings. The van der Waals surface area contributed by atoms with Gasteiger partial charge >= 0.3 is 6.18 Å². The van der Waals surface area contributed by atoms with E-state index in [0.717, 1.165) is 44.2 Å². The maximum Gasteiger partial charge on any atom is 0.416 e. The second kappa shape index (κ2) is 11.9. The van der Waals surface area contributed by atoms with Crippen molar-refractivity contribution in [3.05, 3.63) is 75.0 Å². The zero-order valence-electron chi connectivity index (χ0n) is 20.8. The summed E-state index contributed by atoms with van der Waals surface area (Å²) >= 11 is 3.09. The number of alkyl halides is 3. The van der Waals surface area contributed by atoms with E-state index in [2.05, 4.69) is 41.5 Å². The largest absolute Gasteiger partial charge is 0.416 e. The van der Waals surface area contributed by atoms with E-state index in [4.69, 9.17) is 11.4 Å². The van der Waals surface area contributed by atoms with Gasteiger partial charge in [0.1, 0.15) is 0 Å². The monoisotopic (exact) mass is 547 g/mol. The molecule has 0 saturated heterocycles. The third-order valence-electron chi connectivity index (χ3n) is 5.69. The van der Waals surface area contributed by atoms with Gasteiger partial charge in [0.05, 0.1) is 17.0 Å². The van der Waals surface area contributed by atoms with Gasteiger partial charge in [0, 0.05) is 15.0 Å². The summed E-state index contributed by atoms with van der Waals surface area (Å²) in [4.78, 5) is 15.1. The zero-order valence-corrected chi connectivity index (χ0v) is 22.4. The Morgan fingerprint density at radius 1 is 1.11 bits per heavy atom. The normalized spacial score (nSPS) is 13.0. The number of aryl methyl sites for hydroxylation is 2. The molecule has 1 atom stereocenters. The van der Waals surface area contributed by atoms with Crippen molar-refractivity contribution in [1.29, 1.82) is 5.53 Å². The van der Waals surface area contributed by atoms with Crippen LogP contribution in [0.1, 0.15) is 50.3 Å². The molecular weight excluding hydrogens is 519 g/mol. The van der Waals surface area contributed by atoms with Crippen LogP contribution in [-0.2, 0) is 6.18 Å². The fourth-order valence-corrected chi connectivity index (χ4v) is 6.55. The van der Waals surface area contributed by atoms with E-state index in [1.165, 1.54) is 23.5 Å². The molecule has 0 saturated carbocycles. The molecule has 3 rings (SSSR count). The summed E-state index contributed by atoms with van der Waals surface area (Å²) in [5.41, 5.74) is 9.93. The number of nitrogens with one attached hydrogen (secondary N) is 2. The van der Waals surface area contributed by atoms with Crippen LogP contribution in [0.4, 0.5) is 13.2 Å². The van der Waals surface area contributed by atoms with Crippen LogP contribution < -0.4 is 11.2 Å². The number of hydrogen-bond acceptors (Lipinski definition) is 6. The minimum Gasteiger partial charge on any atom is -0.344 e. The van der Waals surface area contributed by atoms with Gasteiger partial charge in [0.25, 0.3) is 5.91 Å². The molecule has 0 aliphatic heterocycles. The molecule has 1 aromatic heterocycles. The molecule has 1 amide bonds. The van der Waals surface area contributed by atoms with E-state index in [0.29, 0.717) is 4.88 Å². The number of hydrogen-bond donors (Lipinski definition) is 3. The van der Waals surface area contributed by atoms with Gasteiger partial charge in [-0.25, -0.2) is 5.53 Å². The fourth-order valence-electron chi connectivity index (χ4n) is 3.93. The quantitative estimate of drug-likeness (QED) is 0.0676. The fraction of sp³-hybridized carbons (Fsp3) is 0.308. The number of halogens is 3. The molecule has 0 radical (unpaired) electrons. The molecule has 0 fully saturated rings. The maximum atomic E-state index is 13.0. The summed E-state index contributed by atoms with van der Waals surface area (Å²) in [6.45, 7) is 8.13. The lowest BCUT2D eigenvalue weighted by Gasteiger charge is -2.21. The van der Waals surface area contributed by atoms with Crippen molar-refractivity contribution >= 4 is 34.8 Å². The van der Waals surface area contributed by atoms with Crippen LogP contribution in [0.2, 0.25) is 0 Å². The molecule has 11 heteroatoms. The molecular formula is C26H28F3N5OS2. The highest BCUT2D eigenvalue weighted by molar-refractivity contribution is 7.99. The van der Waals surface area contributed by atoms with Gasteiger partial charge in [0.2, 0.25) is 0 Å². The van der Waals surface area contributed by atoms with Gasteiger partial charge < -0.3 is 11.2 Å². The minimum atomic E-state index is -4.36. The van der Waals surface area contributed by atoms with E-state index in [1.54, 1.807) is 17.8 Å². The van der Waals surface area contributed by atoms with Crippen LogP contribution in [0.15, 0.2) is 63.6 Å². The highest BCUT2D eigenvalue weighted by atomic mass is 32.2. The van der Waals surface area contributed by atoms with Gasteiger partial charge in [-0.05, 0) is 78.4 Å². The minimum absolute atomic E-state index is 0.0197. The number of carbonyl (C=O) groups is 1. The Balaban J connectivity index is 1.81. The van der Waals surface area contributed by atoms with Crippen molar-refractivity contribution < 1.29 is 18.0 Å². The maximum absolute atomic E-state index is 13.0. The SMILES string of the molecule is Cc1cc(SC(c2ccc(C(=O)NC/C(N=N)=N/N)s2)C(C)C)cc(C)c1-c1ccc(C(F)(F)F)cc1. The van der Waals surface area contributed by atoms with Crippen LogP contribution in [0.5, 0.6) is 0 Å². The van der Waals surface area contributed by atoms with E-state index >= 15 is 0 Å². The van der Waals surface area contributed by atoms with E-state index in [9.17, 15) is 18.0 Å². The molecule has 196 valence electrons. The van der Waals surface area contributed by atoms with Crippen molar-refractivity contribution in [1.82, 2.24) is 5.32 Å². The Morgan fingerprint density at radius 3 is 2.24 bits per heavy atom. The first kappa shape index (κ1) is 28.4. The van der Waals surface area contributed by atoms with Crippen LogP contribution in [0.3, 0.4) is 0 Å². The van der Waals surface area contributed by atoms with Gasteiger partial charge in [0.15, 0.2) is 5.84 Å². The standard InChI is InChI=1S/C26H28F3N5OS2/c1-14(2)24(20-9-10-21(37-20)25(35)32-13-22(33-30)34-31)36-19-11-15(3)23(16(4)12-19)17-5-7-18(8-6-17)26(27,28)29/h5-12,14,24,30H,13,31H2,1-4H3,(H,32,35)/b33-30?,34-22-. The number of thiophene rings is 1. The molecule has 3 aromatic rings. The summed E-state index contributed by atoms with van der Waals surface area (Å²) in [7, 11) is 0. The number of carbonyl (C=O) groups excluding carboxylic acids is 1. The Labute approximate surface area is 222 Å². The molecule has 1 heterocycles. The third kappa shape index (κ3) is 6.98. The Morgan fingerprint density at radius 2 is 1.73 bits per heavy atom. The van der Waals surface area contributed by atoms with Crippen LogP contribution in [0.25, 0.3) is 11.1 Å². The number of nitrogens with zero attached hydrogens (tertiary/aromatic N) is 2. The van der Waals surface area contributed by atoms with Crippen LogP contribution >= 0.6 is 23.1 Å². The zero-order chi connectivity index (χ0) is 27.3. The van der Waals surface area contributed by atoms with E-state index < -0.39 is 11.7 Å². The molecule has 37 heavy (non-hydrogen) atoms. The van der Waals surface area contributed by atoms with Crippen molar-refractivity contribution in [2.45, 2.75) is 44.0 Å². The van der Waals surface area contributed by atoms with Gasteiger partial charge in [-0.15, -0.1) is 28.2 Å². The number of thioether (sulfide) groups is 1. The van der Waals surface area contributed by atoms with Crippen molar-refractivity contribution in [2.75, 3.05) is 6.54 Å². The smallest absolute Gasteiger partial charge is 0.344 e. The Hall–Kier alpha value is -3.18. The average Bonchev–Trinajstić information content (AvgIpc) is 3.32. The summed E-state index contributed by atoms with van der Waals surface area (Å²) in [5.74, 6) is 5.13. The third-order valence-corrected chi connectivity index (χ3v) is 8.57. The molecule has 4 N–H and O–H groups in total. The topological polar surface area (TPSA) is 104 Å². The second-order valence-corrected chi connectivity index (χ2v) is 11.2. The first-order valence-corrected chi connectivity index (χ1v) is 13.1. The van der Waals surface area contributed by atoms with Gasteiger partial charge in [-0.2, -0.15) is 18.3 Å². The first-order valence-electron chi connectivity index (χ1n) is 11.4. The molecule has 2 aromatic carbocycles. The number of amides is 1. The summed E-state index contributed by atoms with van der Waals surface area (Å²) in [5, 5.41) is 9.22. The number of benzene rings is 2. The lowest BCUT2D eigenvalue weighted by atomic mass is 9.95. The number of nitrogens with two attached hydrogens (primary N) is 1. The summed E-state index contributed by atoms with van der Waals surface area (Å²) < 4.78 is 38.9. The molecule has 0 aliphatic carbocycles. The van der Waals surface area contributed by atoms with Crippen molar-refractivity contribution in [3.63, 3.8) is 0 Å². The first-order chi connectivity index (χ1) is 17.4. The van der Waals surface area contributed by atoms with E-state index in [-0.39, 0.29) is 29.5 Å². The number of amidine groups is 1. The number of rotatable bonds is 8. The second-order valence-electron chi connectivity index (χ2n) is 8.83. The Bertz CT molecular complexity index is 1280. The average molecular weight is 548 g/mol. The van der Waals surface area contributed by atoms with E-state index in [1.807, 2.05) is 19.9 Å². The Kier molecular flexibility index (Phi) is 9.14. The lowest BCUT2D eigenvalue weighted by molar-refractivity contribution is -0.137. The van der Waals surface area contributed by atoms with Gasteiger partial charge in [-0.3, -0.25) is 4.79 Å². The highest BCUT2D eigenvalue weighted by Gasteiger charge is 2.30. The molecule has 0 bridgehead atoms. The lowest BCUT2D eigenvalue weighted by Crippen LogP contribution is -2.28. The molecule has 6 nitrogen and oxygen atoms in total. The molecule has 0 spiro atoms. The van der Waals surface area contributed by atoms with Crippen molar-refractivity contribution in [2.24, 2.45) is 22.0 Å². The predicted octanol–water partition coefficient (Wildman–Crippen LogP) is 7.57.